The van der Waals surface area contributed by atoms with Gasteiger partial charge in [0.05, 0.1) is 5.41 Å². The van der Waals surface area contributed by atoms with Crippen LogP contribution < -0.4 is 4.74 Å². The second kappa shape index (κ2) is 11.3. The van der Waals surface area contributed by atoms with Crippen molar-refractivity contribution in [2.75, 3.05) is 0 Å². The molecule has 1 aliphatic rings. The van der Waals surface area contributed by atoms with E-state index in [0.717, 1.165) is 28.7 Å². The molecule has 0 unspecified atom stereocenters. The van der Waals surface area contributed by atoms with E-state index in [1.54, 1.807) is 12.1 Å². The molecule has 0 radical (unpaired) electrons. The van der Waals surface area contributed by atoms with E-state index in [4.69, 9.17) is 16.3 Å². The quantitative estimate of drug-likeness (QED) is 0.208. The van der Waals surface area contributed by atoms with Gasteiger partial charge in [0.1, 0.15) is 11.5 Å². The van der Waals surface area contributed by atoms with Crippen LogP contribution >= 0.6 is 11.6 Å². The predicted octanol–water partition coefficient (Wildman–Crippen LogP) is 8.93. The maximum Gasteiger partial charge on any atom is 0.316 e. The molecule has 1 aliphatic carbocycles. The molecular weight excluding hydrogens is 468 g/mol. The van der Waals surface area contributed by atoms with Gasteiger partial charge in [-0.15, -0.1) is 0 Å². The summed E-state index contributed by atoms with van der Waals surface area (Å²) in [6.45, 7) is 5.54. The molecule has 0 spiro atoms. The molecular formula is C32H35ClO3. The maximum atomic E-state index is 12.4. The molecule has 3 aromatic rings. The number of hydrogen-bond donors (Lipinski definition) is 1. The third-order valence-corrected chi connectivity index (χ3v) is 7.09. The lowest BCUT2D eigenvalue weighted by Crippen LogP contribution is -2.25. The molecule has 4 rings (SSSR count). The Balaban J connectivity index is 1.82. The lowest BCUT2D eigenvalue weighted by molar-refractivity contribution is -0.142. The van der Waals surface area contributed by atoms with Crippen LogP contribution in [0.25, 0.3) is 11.1 Å². The second-order valence-corrected chi connectivity index (χ2v) is 11.2. The van der Waals surface area contributed by atoms with Gasteiger partial charge in [-0.1, -0.05) is 80.1 Å². The molecule has 4 heteroatoms. The highest BCUT2D eigenvalue weighted by Crippen LogP contribution is 2.40. The summed E-state index contributed by atoms with van der Waals surface area (Å²) >= 11 is 6.24. The zero-order valence-electron chi connectivity index (χ0n) is 21.4. The molecule has 0 bridgehead atoms. The van der Waals surface area contributed by atoms with E-state index < -0.39 is 5.41 Å². The van der Waals surface area contributed by atoms with Crippen molar-refractivity contribution in [3.63, 3.8) is 0 Å². The minimum Gasteiger partial charge on any atom is -0.508 e. The number of ether oxygens (including phenoxy) is 1. The van der Waals surface area contributed by atoms with Gasteiger partial charge >= 0.3 is 5.97 Å². The SMILES string of the molecule is CC(C)(C)C(=O)Oc1ccc(/C(=C(\CC2CCCCC2)c2ccc(Cl)cc2)c2ccc(O)cc2)cc1. The molecule has 0 amide bonds. The Hall–Kier alpha value is -3.04. The number of allylic oxidation sites excluding steroid dienone is 1. The lowest BCUT2D eigenvalue weighted by Gasteiger charge is -2.25. The molecule has 0 saturated heterocycles. The average molecular weight is 503 g/mol. The van der Waals surface area contributed by atoms with E-state index in [2.05, 4.69) is 12.1 Å². The summed E-state index contributed by atoms with van der Waals surface area (Å²) < 4.78 is 5.61. The van der Waals surface area contributed by atoms with E-state index in [9.17, 15) is 9.90 Å². The first-order valence-corrected chi connectivity index (χ1v) is 13.2. The summed E-state index contributed by atoms with van der Waals surface area (Å²) in [5.74, 6) is 1.14. The molecule has 0 atom stereocenters. The van der Waals surface area contributed by atoms with Gasteiger partial charge in [-0.25, -0.2) is 0 Å². The van der Waals surface area contributed by atoms with Crippen molar-refractivity contribution in [3.8, 4) is 11.5 Å². The van der Waals surface area contributed by atoms with E-state index in [-0.39, 0.29) is 11.7 Å². The van der Waals surface area contributed by atoms with E-state index in [1.165, 1.54) is 37.7 Å². The summed E-state index contributed by atoms with van der Waals surface area (Å²) in [6.07, 6.45) is 7.32. The fourth-order valence-electron chi connectivity index (χ4n) is 4.79. The number of rotatable bonds is 6. The number of carbonyl (C=O) groups excluding carboxylic acids is 1. The number of halogens is 1. The Morgan fingerprint density at radius 2 is 1.36 bits per heavy atom. The zero-order valence-corrected chi connectivity index (χ0v) is 22.1. The molecule has 1 N–H and O–H groups in total. The molecule has 36 heavy (non-hydrogen) atoms. The van der Waals surface area contributed by atoms with Gasteiger partial charge in [0.25, 0.3) is 0 Å². The second-order valence-electron chi connectivity index (χ2n) is 10.8. The van der Waals surface area contributed by atoms with Crippen molar-refractivity contribution < 1.29 is 14.6 Å². The summed E-state index contributed by atoms with van der Waals surface area (Å²) in [6, 6.07) is 23.2. The first kappa shape index (κ1) is 26.0. The van der Waals surface area contributed by atoms with Crippen LogP contribution in [0.1, 0.15) is 76.0 Å². The number of esters is 1. The van der Waals surface area contributed by atoms with Crippen LogP contribution in [-0.4, -0.2) is 11.1 Å². The highest BCUT2D eigenvalue weighted by Gasteiger charge is 2.24. The van der Waals surface area contributed by atoms with Crippen LogP contribution in [0.4, 0.5) is 0 Å². The monoisotopic (exact) mass is 502 g/mol. The van der Waals surface area contributed by atoms with Crippen molar-refractivity contribution in [1.29, 1.82) is 0 Å². The number of benzene rings is 3. The highest BCUT2D eigenvalue weighted by molar-refractivity contribution is 6.30. The van der Waals surface area contributed by atoms with Gasteiger partial charge in [-0.2, -0.15) is 0 Å². The molecule has 0 heterocycles. The van der Waals surface area contributed by atoms with Crippen molar-refractivity contribution in [1.82, 2.24) is 0 Å². The third kappa shape index (κ3) is 6.59. The molecule has 1 fully saturated rings. The molecule has 188 valence electrons. The van der Waals surface area contributed by atoms with Gasteiger partial charge in [0.15, 0.2) is 0 Å². The summed E-state index contributed by atoms with van der Waals surface area (Å²) in [5.41, 5.74) is 5.04. The lowest BCUT2D eigenvalue weighted by atomic mass is 9.79. The van der Waals surface area contributed by atoms with Gasteiger partial charge in [-0.3, -0.25) is 4.79 Å². The van der Waals surface area contributed by atoms with Crippen molar-refractivity contribution in [2.45, 2.75) is 59.3 Å². The van der Waals surface area contributed by atoms with Crippen molar-refractivity contribution >= 4 is 28.7 Å². The summed E-state index contributed by atoms with van der Waals surface area (Å²) in [4.78, 5) is 12.4. The van der Waals surface area contributed by atoms with Gasteiger partial charge in [0.2, 0.25) is 0 Å². The van der Waals surface area contributed by atoms with Gasteiger partial charge in [0, 0.05) is 5.02 Å². The number of phenolic OH excluding ortho intramolecular Hbond substituents is 1. The number of phenols is 1. The van der Waals surface area contributed by atoms with E-state index >= 15 is 0 Å². The standard InChI is InChI=1S/C32H35ClO3/c1-32(2,3)31(35)36-28-19-13-25(14-20-28)30(24-11-17-27(34)18-12-24)29(21-22-7-5-4-6-8-22)23-9-15-26(33)16-10-23/h9-20,22,34H,4-8,21H2,1-3H3/b30-29+. The summed E-state index contributed by atoms with van der Waals surface area (Å²) in [5, 5.41) is 10.7. The smallest absolute Gasteiger partial charge is 0.316 e. The van der Waals surface area contributed by atoms with Gasteiger partial charge in [-0.05, 0) is 97.3 Å². The Morgan fingerprint density at radius 3 is 1.92 bits per heavy atom. The molecule has 0 aromatic heterocycles. The Labute approximate surface area is 219 Å². The van der Waals surface area contributed by atoms with Crippen LogP contribution in [-0.2, 0) is 4.79 Å². The minimum atomic E-state index is -0.572. The first-order chi connectivity index (χ1) is 17.2. The highest BCUT2D eigenvalue weighted by atomic mass is 35.5. The normalized spacial score (nSPS) is 15.3. The van der Waals surface area contributed by atoms with E-state index in [1.807, 2.05) is 69.3 Å². The largest absolute Gasteiger partial charge is 0.508 e. The average Bonchev–Trinajstić information content (AvgIpc) is 2.86. The number of aromatic hydroxyl groups is 1. The fourth-order valence-corrected chi connectivity index (χ4v) is 4.91. The van der Waals surface area contributed by atoms with Crippen LogP contribution in [0, 0.1) is 11.3 Å². The minimum absolute atomic E-state index is 0.239. The van der Waals surface area contributed by atoms with Crippen LogP contribution in [0.15, 0.2) is 72.8 Å². The van der Waals surface area contributed by atoms with Crippen molar-refractivity contribution in [2.24, 2.45) is 11.3 Å². The van der Waals surface area contributed by atoms with Crippen molar-refractivity contribution in [3.05, 3.63) is 94.5 Å². The predicted molar refractivity (Wildman–Crippen MR) is 148 cm³/mol. The third-order valence-electron chi connectivity index (χ3n) is 6.83. The Kier molecular flexibility index (Phi) is 8.21. The number of hydrogen-bond acceptors (Lipinski definition) is 3. The van der Waals surface area contributed by atoms with Crippen LogP contribution in [0.3, 0.4) is 0 Å². The van der Waals surface area contributed by atoms with E-state index in [0.29, 0.717) is 16.7 Å². The molecule has 3 aromatic carbocycles. The number of carbonyl (C=O) groups is 1. The Morgan fingerprint density at radius 1 is 0.833 bits per heavy atom. The topological polar surface area (TPSA) is 46.5 Å². The molecule has 1 saturated carbocycles. The zero-order chi connectivity index (χ0) is 25.7. The van der Waals surface area contributed by atoms with Crippen LogP contribution in [0.2, 0.25) is 5.02 Å². The fraction of sp³-hybridized carbons (Fsp3) is 0.344. The first-order valence-electron chi connectivity index (χ1n) is 12.8. The van der Waals surface area contributed by atoms with Crippen LogP contribution in [0.5, 0.6) is 11.5 Å². The Bertz CT molecular complexity index is 1190. The maximum absolute atomic E-state index is 12.4. The van der Waals surface area contributed by atoms with Gasteiger partial charge < -0.3 is 9.84 Å². The molecule has 3 nitrogen and oxygen atoms in total. The summed E-state index contributed by atoms with van der Waals surface area (Å²) in [7, 11) is 0. The molecule has 0 aliphatic heterocycles.